The largest absolute Gasteiger partial charge is 0.497 e. The van der Waals surface area contributed by atoms with Gasteiger partial charge in [-0.25, -0.2) is 8.42 Å². The number of nitrogens with zero attached hydrogens (tertiary/aromatic N) is 1. The first-order chi connectivity index (χ1) is 9.37. The molecule has 1 saturated heterocycles. The van der Waals surface area contributed by atoms with Gasteiger partial charge in [0.1, 0.15) is 11.8 Å². The molecule has 1 aromatic carbocycles. The summed E-state index contributed by atoms with van der Waals surface area (Å²) in [7, 11) is -2.36. The van der Waals surface area contributed by atoms with Gasteiger partial charge in [0.2, 0.25) is 10.0 Å². The summed E-state index contributed by atoms with van der Waals surface area (Å²) in [6.45, 7) is 0.220. The number of benzene rings is 1. The molecule has 0 aromatic heterocycles. The van der Waals surface area contributed by atoms with E-state index >= 15 is 0 Å². The van der Waals surface area contributed by atoms with Gasteiger partial charge in [0, 0.05) is 11.0 Å². The number of ether oxygens (including phenoxy) is 1. The summed E-state index contributed by atoms with van der Waals surface area (Å²) in [6.07, 6.45) is 0.881. The predicted octanol–water partition coefficient (Wildman–Crippen LogP) is 1.70. The number of rotatable bonds is 4. The molecule has 0 unspecified atom stereocenters. The SMILES string of the molecule is COc1ccc(S(=O)(=O)N2CCC[C@H]2C(=O)O)c(Br)c1. The number of methoxy groups -OCH3 is 1. The van der Waals surface area contributed by atoms with E-state index in [0.29, 0.717) is 23.1 Å². The Morgan fingerprint density at radius 3 is 2.75 bits per heavy atom. The maximum atomic E-state index is 12.6. The number of carboxylic acid groups (broad SMARTS) is 1. The summed E-state index contributed by atoms with van der Waals surface area (Å²) >= 11 is 3.19. The minimum absolute atomic E-state index is 0.0476. The van der Waals surface area contributed by atoms with Gasteiger partial charge in [-0.15, -0.1) is 0 Å². The van der Waals surface area contributed by atoms with Gasteiger partial charge in [0.05, 0.1) is 12.0 Å². The minimum atomic E-state index is -3.84. The van der Waals surface area contributed by atoms with Gasteiger partial charge in [0.15, 0.2) is 0 Å². The molecule has 1 fully saturated rings. The van der Waals surface area contributed by atoms with Crippen molar-refractivity contribution in [3.8, 4) is 5.75 Å². The van der Waals surface area contributed by atoms with Gasteiger partial charge < -0.3 is 9.84 Å². The third-order valence-electron chi connectivity index (χ3n) is 3.21. The monoisotopic (exact) mass is 363 g/mol. The molecule has 0 radical (unpaired) electrons. The Bertz CT molecular complexity index is 631. The molecule has 110 valence electrons. The highest BCUT2D eigenvalue weighted by Crippen LogP contribution is 2.32. The molecule has 1 heterocycles. The molecule has 0 aliphatic carbocycles. The van der Waals surface area contributed by atoms with Crippen molar-refractivity contribution in [1.82, 2.24) is 4.31 Å². The Morgan fingerprint density at radius 1 is 1.50 bits per heavy atom. The van der Waals surface area contributed by atoms with Crippen LogP contribution >= 0.6 is 15.9 Å². The van der Waals surface area contributed by atoms with Crippen molar-refractivity contribution in [3.63, 3.8) is 0 Å². The first-order valence-corrected chi connectivity index (χ1v) is 8.19. The highest BCUT2D eigenvalue weighted by molar-refractivity contribution is 9.10. The van der Waals surface area contributed by atoms with Crippen LogP contribution in [0.3, 0.4) is 0 Å². The highest BCUT2D eigenvalue weighted by atomic mass is 79.9. The minimum Gasteiger partial charge on any atom is -0.497 e. The summed E-state index contributed by atoms with van der Waals surface area (Å²) in [5.74, 6) is -0.595. The molecule has 1 aliphatic heterocycles. The van der Waals surface area contributed by atoms with E-state index in [1.807, 2.05) is 0 Å². The van der Waals surface area contributed by atoms with Crippen molar-refractivity contribution in [2.75, 3.05) is 13.7 Å². The highest BCUT2D eigenvalue weighted by Gasteiger charge is 2.40. The van der Waals surface area contributed by atoms with Crippen molar-refractivity contribution in [2.24, 2.45) is 0 Å². The fraction of sp³-hybridized carbons (Fsp3) is 0.417. The van der Waals surface area contributed by atoms with E-state index in [4.69, 9.17) is 9.84 Å². The molecule has 0 bridgehead atoms. The zero-order chi connectivity index (χ0) is 14.9. The van der Waals surface area contributed by atoms with Crippen molar-refractivity contribution >= 4 is 31.9 Å². The number of aliphatic carboxylic acids is 1. The maximum Gasteiger partial charge on any atom is 0.322 e. The van der Waals surface area contributed by atoms with Crippen LogP contribution in [-0.4, -0.2) is 43.5 Å². The number of sulfonamides is 1. The predicted molar refractivity (Wildman–Crippen MR) is 75.2 cm³/mol. The zero-order valence-corrected chi connectivity index (χ0v) is 13.1. The normalized spacial score (nSPS) is 20.0. The summed E-state index contributed by atoms with van der Waals surface area (Å²) in [5, 5.41) is 9.11. The van der Waals surface area contributed by atoms with Crippen molar-refractivity contribution in [3.05, 3.63) is 22.7 Å². The van der Waals surface area contributed by atoms with Crippen LogP contribution in [0.25, 0.3) is 0 Å². The molecular weight excluding hydrogens is 350 g/mol. The third-order valence-corrected chi connectivity index (χ3v) is 6.10. The van der Waals surface area contributed by atoms with Crippen LogP contribution in [0.1, 0.15) is 12.8 Å². The molecule has 1 N–H and O–H groups in total. The molecule has 1 atom stereocenters. The van der Waals surface area contributed by atoms with Crippen LogP contribution in [0.15, 0.2) is 27.6 Å². The van der Waals surface area contributed by atoms with E-state index < -0.39 is 22.0 Å². The number of halogens is 1. The van der Waals surface area contributed by atoms with E-state index in [0.717, 1.165) is 4.31 Å². The second-order valence-electron chi connectivity index (χ2n) is 4.41. The second-order valence-corrected chi connectivity index (χ2v) is 7.12. The molecule has 6 nitrogen and oxygen atoms in total. The Hall–Kier alpha value is -1.12. The lowest BCUT2D eigenvalue weighted by Crippen LogP contribution is -2.40. The van der Waals surface area contributed by atoms with Crippen LogP contribution < -0.4 is 4.74 Å². The Labute approximate surface area is 125 Å². The molecule has 1 aliphatic rings. The van der Waals surface area contributed by atoms with E-state index in [1.165, 1.54) is 19.2 Å². The van der Waals surface area contributed by atoms with Gasteiger partial charge in [0.25, 0.3) is 0 Å². The Balaban J connectivity index is 2.42. The van der Waals surface area contributed by atoms with E-state index in [-0.39, 0.29) is 11.4 Å². The topological polar surface area (TPSA) is 83.9 Å². The van der Waals surface area contributed by atoms with Gasteiger partial charge in [-0.1, -0.05) is 0 Å². The number of hydrogen-bond donors (Lipinski definition) is 1. The summed E-state index contributed by atoms with van der Waals surface area (Å²) in [4.78, 5) is 11.2. The summed E-state index contributed by atoms with van der Waals surface area (Å²) in [5.41, 5.74) is 0. The molecule has 2 rings (SSSR count). The third kappa shape index (κ3) is 2.68. The first kappa shape index (κ1) is 15.3. The molecule has 20 heavy (non-hydrogen) atoms. The second kappa shape index (κ2) is 5.71. The fourth-order valence-electron chi connectivity index (χ4n) is 2.22. The maximum absolute atomic E-state index is 12.6. The number of hydrogen-bond acceptors (Lipinski definition) is 4. The fourth-order valence-corrected chi connectivity index (χ4v) is 4.89. The lowest BCUT2D eigenvalue weighted by atomic mass is 10.2. The number of carbonyl (C=O) groups is 1. The summed E-state index contributed by atoms with van der Waals surface area (Å²) in [6, 6.07) is 3.49. The van der Waals surface area contributed by atoms with Gasteiger partial charge in [-0.3, -0.25) is 4.79 Å². The van der Waals surface area contributed by atoms with Crippen LogP contribution in [0.5, 0.6) is 5.75 Å². The number of carboxylic acids is 1. The van der Waals surface area contributed by atoms with Gasteiger partial charge >= 0.3 is 5.97 Å². The standard InChI is InChI=1S/C12H14BrNO5S/c1-19-8-4-5-11(9(13)7-8)20(17,18)14-6-2-3-10(14)12(15)16/h4-5,7,10H,2-3,6H2,1H3,(H,15,16)/t10-/m0/s1. The van der Waals surface area contributed by atoms with Crippen LogP contribution in [0, 0.1) is 0 Å². The first-order valence-electron chi connectivity index (χ1n) is 5.96. The molecule has 8 heteroatoms. The lowest BCUT2D eigenvalue weighted by Gasteiger charge is -2.21. The van der Waals surface area contributed by atoms with Crippen molar-refractivity contribution in [2.45, 2.75) is 23.8 Å². The molecule has 0 saturated carbocycles. The smallest absolute Gasteiger partial charge is 0.322 e. The quantitative estimate of drug-likeness (QED) is 0.879. The van der Waals surface area contributed by atoms with Gasteiger partial charge in [-0.2, -0.15) is 4.31 Å². The van der Waals surface area contributed by atoms with Crippen LogP contribution in [-0.2, 0) is 14.8 Å². The molecule has 0 amide bonds. The lowest BCUT2D eigenvalue weighted by molar-refractivity contribution is -0.140. The van der Waals surface area contributed by atoms with Crippen LogP contribution in [0.2, 0.25) is 0 Å². The van der Waals surface area contributed by atoms with Gasteiger partial charge in [-0.05, 0) is 47.0 Å². The molecule has 1 aromatic rings. The zero-order valence-electron chi connectivity index (χ0n) is 10.7. The van der Waals surface area contributed by atoms with E-state index in [1.54, 1.807) is 6.07 Å². The Kier molecular flexibility index (Phi) is 4.36. The van der Waals surface area contributed by atoms with Crippen LogP contribution in [0.4, 0.5) is 0 Å². The summed E-state index contributed by atoms with van der Waals surface area (Å²) < 4.78 is 31.5. The molecule has 0 spiro atoms. The molecular formula is C12H14BrNO5S. The average molecular weight is 364 g/mol. The van der Waals surface area contributed by atoms with E-state index in [9.17, 15) is 13.2 Å². The van der Waals surface area contributed by atoms with Crippen molar-refractivity contribution < 1.29 is 23.1 Å². The van der Waals surface area contributed by atoms with E-state index in [2.05, 4.69) is 15.9 Å². The van der Waals surface area contributed by atoms with Crippen molar-refractivity contribution in [1.29, 1.82) is 0 Å². The average Bonchev–Trinajstić information content (AvgIpc) is 2.88. The Morgan fingerprint density at radius 2 is 2.20 bits per heavy atom.